The van der Waals surface area contributed by atoms with Crippen molar-refractivity contribution in [3.63, 3.8) is 0 Å². The van der Waals surface area contributed by atoms with Crippen LogP contribution in [0.3, 0.4) is 0 Å². The number of carbonyl (C=O) groups excluding carboxylic acids is 2. The van der Waals surface area contributed by atoms with Gasteiger partial charge in [-0.25, -0.2) is 0 Å². The number of amides is 2. The molecule has 0 saturated carbocycles. The van der Waals surface area contributed by atoms with Gasteiger partial charge in [-0.2, -0.15) is 0 Å². The standard InChI is InChI=1S/C27H27N5O2/c33-26(21-7-6-19-8-15-29-24(19)18-21)31-25(20-4-2-1-3-5-20)27(34)32-16-11-23(12-17-32)30-22-9-13-28-14-10-22/h1-10,13-15,18,23,25,29H,11-12,16-17H2,(H,28,30)(H,31,33)/t25-/m1/s1. The largest absolute Gasteiger partial charge is 0.382 e. The first-order valence-electron chi connectivity index (χ1n) is 11.6. The molecule has 0 bridgehead atoms. The smallest absolute Gasteiger partial charge is 0.252 e. The molecule has 7 nitrogen and oxygen atoms in total. The summed E-state index contributed by atoms with van der Waals surface area (Å²) in [6.07, 6.45) is 7.05. The molecule has 1 fully saturated rings. The second-order valence-electron chi connectivity index (χ2n) is 8.58. The van der Waals surface area contributed by atoms with E-state index in [1.165, 1.54) is 0 Å². The van der Waals surface area contributed by atoms with Crippen LogP contribution in [-0.4, -0.2) is 45.8 Å². The zero-order chi connectivity index (χ0) is 23.3. The maximum absolute atomic E-state index is 13.6. The predicted octanol–water partition coefficient (Wildman–Crippen LogP) is 4.14. The summed E-state index contributed by atoms with van der Waals surface area (Å²) in [5.74, 6) is -0.351. The lowest BCUT2D eigenvalue weighted by Crippen LogP contribution is -2.48. The van der Waals surface area contributed by atoms with E-state index in [0.29, 0.717) is 24.7 Å². The van der Waals surface area contributed by atoms with Gasteiger partial charge < -0.3 is 20.5 Å². The topological polar surface area (TPSA) is 90.1 Å². The molecule has 3 heterocycles. The maximum atomic E-state index is 13.6. The van der Waals surface area contributed by atoms with Crippen molar-refractivity contribution in [2.24, 2.45) is 0 Å². The number of aromatic nitrogens is 2. The number of carbonyl (C=O) groups is 2. The van der Waals surface area contributed by atoms with E-state index in [1.807, 2.05) is 71.8 Å². The first kappa shape index (κ1) is 21.7. The van der Waals surface area contributed by atoms with Crippen molar-refractivity contribution in [1.29, 1.82) is 0 Å². The summed E-state index contributed by atoms with van der Waals surface area (Å²) in [6.45, 7) is 1.27. The molecule has 4 aromatic rings. The van der Waals surface area contributed by atoms with E-state index in [9.17, 15) is 9.59 Å². The van der Waals surface area contributed by atoms with Gasteiger partial charge in [-0.15, -0.1) is 0 Å². The SMILES string of the molecule is O=C(N[C@@H](C(=O)N1CCC(Nc2ccncc2)CC1)c1ccccc1)c1ccc2cc[nH]c2c1. The number of aromatic amines is 1. The van der Waals surface area contributed by atoms with Crippen LogP contribution >= 0.6 is 0 Å². The number of piperidine rings is 1. The van der Waals surface area contributed by atoms with E-state index in [2.05, 4.69) is 20.6 Å². The minimum absolute atomic E-state index is 0.0807. The van der Waals surface area contributed by atoms with Gasteiger partial charge in [-0.05, 0) is 54.1 Å². The van der Waals surface area contributed by atoms with E-state index in [-0.39, 0.29) is 11.8 Å². The van der Waals surface area contributed by atoms with Gasteiger partial charge in [-0.3, -0.25) is 14.6 Å². The van der Waals surface area contributed by atoms with Gasteiger partial charge in [-0.1, -0.05) is 36.4 Å². The highest BCUT2D eigenvalue weighted by Gasteiger charge is 2.30. The Bertz CT molecular complexity index is 1260. The highest BCUT2D eigenvalue weighted by molar-refractivity contribution is 6.00. The number of H-pyrrole nitrogens is 1. The van der Waals surface area contributed by atoms with Crippen molar-refractivity contribution in [3.05, 3.63) is 96.4 Å². The number of likely N-dealkylation sites (tertiary alicyclic amines) is 1. The fourth-order valence-electron chi connectivity index (χ4n) is 4.45. The lowest BCUT2D eigenvalue weighted by molar-refractivity contribution is -0.134. The molecule has 1 aliphatic heterocycles. The molecule has 1 saturated heterocycles. The van der Waals surface area contributed by atoms with Crippen molar-refractivity contribution in [1.82, 2.24) is 20.2 Å². The first-order valence-corrected chi connectivity index (χ1v) is 11.6. The molecule has 34 heavy (non-hydrogen) atoms. The summed E-state index contributed by atoms with van der Waals surface area (Å²) in [7, 11) is 0. The molecule has 1 aliphatic rings. The molecule has 172 valence electrons. The van der Waals surface area contributed by atoms with E-state index < -0.39 is 6.04 Å². The lowest BCUT2D eigenvalue weighted by Gasteiger charge is -2.35. The Hall–Kier alpha value is -4.13. The number of benzene rings is 2. The summed E-state index contributed by atoms with van der Waals surface area (Å²) in [5, 5.41) is 7.54. The third-order valence-electron chi connectivity index (χ3n) is 6.33. The van der Waals surface area contributed by atoms with Crippen LogP contribution in [0.1, 0.15) is 34.8 Å². The minimum Gasteiger partial charge on any atom is -0.382 e. The number of nitrogens with one attached hydrogen (secondary N) is 3. The molecule has 2 aromatic heterocycles. The van der Waals surface area contributed by atoms with Gasteiger partial charge in [0.05, 0.1) is 0 Å². The molecular weight excluding hydrogens is 426 g/mol. The van der Waals surface area contributed by atoms with Gasteiger partial charge in [0.15, 0.2) is 0 Å². The number of hydrogen-bond acceptors (Lipinski definition) is 4. The van der Waals surface area contributed by atoms with Gasteiger partial charge in [0.1, 0.15) is 6.04 Å². The van der Waals surface area contributed by atoms with E-state index >= 15 is 0 Å². The summed E-state index contributed by atoms with van der Waals surface area (Å²) in [5.41, 5.74) is 3.22. The molecule has 0 unspecified atom stereocenters. The van der Waals surface area contributed by atoms with Crippen LogP contribution in [-0.2, 0) is 4.79 Å². The highest BCUT2D eigenvalue weighted by Crippen LogP contribution is 2.22. The van der Waals surface area contributed by atoms with Crippen LogP contribution in [0.15, 0.2) is 85.3 Å². The van der Waals surface area contributed by atoms with Crippen molar-refractivity contribution in [2.75, 3.05) is 18.4 Å². The normalized spacial score (nSPS) is 15.1. The second-order valence-corrected chi connectivity index (χ2v) is 8.58. The van der Waals surface area contributed by atoms with Crippen molar-refractivity contribution in [3.8, 4) is 0 Å². The van der Waals surface area contributed by atoms with Crippen molar-refractivity contribution >= 4 is 28.4 Å². The Morgan fingerprint density at radius 3 is 2.50 bits per heavy atom. The Kier molecular flexibility index (Phi) is 6.25. The average Bonchev–Trinajstić information content (AvgIpc) is 3.36. The second kappa shape index (κ2) is 9.79. The Morgan fingerprint density at radius 1 is 0.971 bits per heavy atom. The first-order chi connectivity index (χ1) is 16.7. The number of fused-ring (bicyclic) bond motifs is 1. The van der Waals surface area contributed by atoms with Crippen LogP contribution in [0, 0.1) is 0 Å². The van der Waals surface area contributed by atoms with Crippen LogP contribution in [0.2, 0.25) is 0 Å². The molecule has 2 aromatic carbocycles. The summed E-state index contributed by atoms with van der Waals surface area (Å²) >= 11 is 0. The Balaban J connectivity index is 1.29. The number of anilines is 1. The van der Waals surface area contributed by atoms with Gasteiger partial charge in [0.2, 0.25) is 5.91 Å². The maximum Gasteiger partial charge on any atom is 0.252 e. The predicted molar refractivity (Wildman–Crippen MR) is 132 cm³/mol. The van der Waals surface area contributed by atoms with E-state index in [4.69, 9.17) is 0 Å². The molecule has 0 aliphatic carbocycles. The monoisotopic (exact) mass is 453 g/mol. The molecule has 5 rings (SSSR count). The molecule has 3 N–H and O–H groups in total. The van der Waals surface area contributed by atoms with E-state index in [1.54, 1.807) is 18.5 Å². The summed E-state index contributed by atoms with van der Waals surface area (Å²) in [6, 6.07) is 20.4. The van der Waals surface area contributed by atoms with E-state index in [0.717, 1.165) is 35.0 Å². The molecule has 0 spiro atoms. The van der Waals surface area contributed by atoms with Gasteiger partial charge in [0, 0.05) is 54.5 Å². The molecule has 0 radical (unpaired) electrons. The van der Waals surface area contributed by atoms with Crippen LogP contribution in [0.4, 0.5) is 5.69 Å². The fraction of sp³-hybridized carbons (Fsp3) is 0.222. The average molecular weight is 454 g/mol. The molecule has 1 atom stereocenters. The summed E-state index contributed by atoms with van der Waals surface area (Å²) < 4.78 is 0. The third-order valence-corrected chi connectivity index (χ3v) is 6.33. The lowest BCUT2D eigenvalue weighted by atomic mass is 10.0. The fourth-order valence-corrected chi connectivity index (χ4v) is 4.45. The zero-order valence-corrected chi connectivity index (χ0v) is 18.8. The zero-order valence-electron chi connectivity index (χ0n) is 18.8. The number of hydrogen-bond donors (Lipinski definition) is 3. The van der Waals surface area contributed by atoms with Gasteiger partial charge in [0.25, 0.3) is 5.91 Å². The number of pyridine rings is 1. The van der Waals surface area contributed by atoms with Crippen molar-refractivity contribution < 1.29 is 9.59 Å². The minimum atomic E-state index is -0.738. The van der Waals surface area contributed by atoms with Crippen molar-refractivity contribution in [2.45, 2.75) is 24.9 Å². The van der Waals surface area contributed by atoms with Crippen LogP contribution < -0.4 is 10.6 Å². The molecule has 2 amide bonds. The number of rotatable bonds is 6. The quantitative estimate of drug-likeness (QED) is 0.409. The Labute approximate surface area is 198 Å². The van der Waals surface area contributed by atoms with Gasteiger partial charge >= 0.3 is 0 Å². The highest BCUT2D eigenvalue weighted by atomic mass is 16.2. The molecular formula is C27H27N5O2. The van der Waals surface area contributed by atoms with Crippen LogP contribution in [0.5, 0.6) is 0 Å². The summed E-state index contributed by atoms with van der Waals surface area (Å²) in [4.78, 5) is 35.7. The number of nitrogens with zero attached hydrogens (tertiary/aromatic N) is 2. The third kappa shape index (κ3) is 4.78. The Morgan fingerprint density at radius 2 is 1.74 bits per heavy atom. The van der Waals surface area contributed by atoms with Crippen LogP contribution in [0.25, 0.3) is 10.9 Å². The molecule has 7 heteroatoms.